The highest BCUT2D eigenvalue weighted by atomic mass is 16.7. The van der Waals surface area contributed by atoms with Crippen LogP contribution in [0.5, 0.6) is 0 Å². The molecule has 0 bridgehead atoms. The molecule has 2 aliphatic rings. The summed E-state index contributed by atoms with van der Waals surface area (Å²) in [5, 5.41) is 0. The summed E-state index contributed by atoms with van der Waals surface area (Å²) in [4.78, 5) is 5.16. The zero-order valence-corrected chi connectivity index (χ0v) is 14.0. The number of nitrogens with two attached hydrogens (primary N) is 1. The minimum atomic E-state index is -0.269. The Morgan fingerprint density at radius 2 is 1.62 bits per heavy atom. The molecule has 2 saturated heterocycles. The molecule has 0 aromatic carbocycles. The topological polar surface area (TPSA) is 51.0 Å². The lowest BCUT2D eigenvalue weighted by molar-refractivity contribution is -0.185. The van der Waals surface area contributed by atoms with E-state index in [1.54, 1.807) is 14.2 Å². The van der Waals surface area contributed by atoms with E-state index in [1.807, 2.05) is 0 Å². The van der Waals surface area contributed by atoms with Gasteiger partial charge in [-0.3, -0.25) is 4.90 Å². The Morgan fingerprint density at radius 3 is 2.10 bits per heavy atom. The quantitative estimate of drug-likeness (QED) is 0.749. The third-order valence-electron chi connectivity index (χ3n) is 5.44. The Bertz CT molecular complexity index is 298. The molecule has 2 heterocycles. The molecular weight excluding hydrogens is 266 g/mol. The van der Waals surface area contributed by atoms with E-state index in [4.69, 9.17) is 15.2 Å². The minimum absolute atomic E-state index is 0.240. The summed E-state index contributed by atoms with van der Waals surface area (Å²) >= 11 is 0. The maximum absolute atomic E-state index is 6.06. The molecule has 1 atom stereocenters. The first kappa shape index (κ1) is 17.2. The number of nitrogens with zero attached hydrogens (tertiary/aromatic N) is 2. The summed E-state index contributed by atoms with van der Waals surface area (Å²) in [7, 11) is 3.39. The average Bonchev–Trinajstić information content (AvgIpc) is 2.56. The third kappa shape index (κ3) is 3.77. The van der Waals surface area contributed by atoms with Gasteiger partial charge in [0, 0.05) is 39.9 Å². The van der Waals surface area contributed by atoms with Gasteiger partial charge in [-0.05, 0) is 45.7 Å². The highest BCUT2D eigenvalue weighted by molar-refractivity contribution is 4.94. The summed E-state index contributed by atoms with van der Waals surface area (Å²) in [6, 6.07) is 0.757. The molecule has 1 unspecified atom stereocenters. The molecule has 2 fully saturated rings. The number of methoxy groups -OCH3 is 2. The van der Waals surface area contributed by atoms with E-state index >= 15 is 0 Å². The van der Waals surface area contributed by atoms with Crippen molar-refractivity contribution in [1.82, 2.24) is 9.80 Å². The van der Waals surface area contributed by atoms with Gasteiger partial charge in [0.15, 0.2) is 6.29 Å². The molecule has 0 aromatic heterocycles. The molecule has 5 heteroatoms. The summed E-state index contributed by atoms with van der Waals surface area (Å²) in [5.41, 5.74) is 5.82. The smallest absolute Gasteiger partial charge is 0.176 e. The number of rotatable bonds is 6. The van der Waals surface area contributed by atoms with Crippen molar-refractivity contribution in [2.24, 2.45) is 5.73 Å². The van der Waals surface area contributed by atoms with Crippen LogP contribution in [0.3, 0.4) is 0 Å². The van der Waals surface area contributed by atoms with Crippen molar-refractivity contribution < 1.29 is 9.47 Å². The minimum Gasteiger partial charge on any atom is -0.354 e. The lowest BCUT2D eigenvalue weighted by atomic mass is 9.92. The van der Waals surface area contributed by atoms with Crippen LogP contribution in [0.25, 0.3) is 0 Å². The van der Waals surface area contributed by atoms with Gasteiger partial charge in [-0.25, -0.2) is 0 Å². The van der Waals surface area contributed by atoms with Crippen molar-refractivity contribution in [2.75, 3.05) is 46.9 Å². The second kappa shape index (κ2) is 7.88. The van der Waals surface area contributed by atoms with E-state index in [1.165, 1.54) is 45.2 Å². The third-order valence-corrected chi connectivity index (χ3v) is 5.44. The number of hydrogen-bond acceptors (Lipinski definition) is 5. The molecule has 0 amide bonds. The Hall–Kier alpha value is -0.200. The van der Waals surface area contributed by atoms with E-state index in [0.717, 1.165) is 19.1 Å². The summed E-state index contributed by atoms with van der Waals surface area (Å²) in [6.45, 7) is 7.45. The molecule has 2 rings (SSSR count). The fourth-order valence-electron chi connectivity index (χ4n) is 4.00. The number of likely N-dealkylation sites (tertiary alicyclic amines) is 2. The molecule has 0 spiro atoms. The van der Waals surface area contributed by atoms with Gasteiger partial charge in [0.1, 0.15) is 0 Å². The van der Waals surface area contributed by atoms with Crippen LogP contribution in [0, 0.1) is 0 Å². The maximum atomic E-state index is 6.06. The van der Waals surface area contributed by atoms with Gasteiger partial charge in [0.05, 0.1) is 5.54 Å². The SMILES string of the molecule is COC(OC)C(C)(CN)N1CCC(N2CCCCC2)CC1. The van der Waals surface area contributed by atoms with Crippen molar-refractivity contribution in [2.45, 2.75) is 56.9 Å². The molecule has 0 radical (unpaired) electrons. The van der Waals surface area contributed by atoms with Crippen LogP contribution >= 0.6 is 0 Å². The Balaban J connectivity index is 1.92. The van der Waals surface area contributed by atoms with Gasteiger partial charge in [-0.15, -0.1) is 0 Å². The standard InChI is InChI=1S/C16H33N3O2/c1-16(13-17,15(20-2)21-3)19-11-7-14(8-12-19)18-9-5-4-6-10-18/h14-15H,4-13,17H2,1-3H3. The van der Waals surface area contributed by atoms with Crippen LogP contribution in [0.4, 0.5) is 0 Å². The van der Waals surface area contributed by atoms with Crippen molar-refractivity contribution >= 4 is 0 Å². The molecule has 0 aromatic rings. The van der Waals surface area contributed by atoms with Crippen molar-refractivity contribution in [3.63, 3.8) is 0 Å². The highest BCUT2D eigenvalue weighted by Gasteiger charge is 2.41. The van der Waals surface area contributed by atoms with Crippen LogP contribution in [0.2, 0.25) is 0 Å². The first-order chi connectivity index (χ1) is 10.2. The lowest BCUT2D eigenvalue weighted by Gasteiger charge is -2.49. The summed E-state index contributed by atoms with van der Waals surface area (Å²) in [5.74, 6) is 0. The first-order valence-corrected chi connectivity index (χ1v) is 8.40. The summed E-state index contributed by atoms with van der Waals surface area (Å²) < 4.78 is 11.0. The van der Waals surface area contributed by atoms with E-state index in [0.29, 0.717) is 6.54 Å². The number of ether oxygens (including phenoxy) is 2. The number of hydrogen-bond donors (Lipinski definition) is 1. The molecule has 2 aliphatic heterocycles. The maximum Gasteiger partial charge on any atom is 0.176 e. The zero-order chi connectivity index (χ0) is 15.3. The Labute approximate surface area is 129 Å². The normalized spacial score (nSPS) is 26.1. The molecule has 0 saturated carbocycles. The van der Waals surface area contributed by atoms with Crippen molar-refractivity contribution in [3.05, 3.63) is 0 Å². The fraction of sp³-hybridized carbons (Fsp3) is 1.00. The van der Waals surface area contributed by atoms with Crippen molar-refractivity contribution in [1.29, 1.82) is 0 Å². The van der Waals surface area contributed by atoms with Crippen LogP contribution in [0.1, 0.15) is 39.0 Å². The fourth-order valence-corrected chi connectivity index (χ4v) is 4.00. The largest absolute Gasteiger partial charge is 0.354 e. The van der Waals surface area contributed by atoms with Crippen LogP contribution in [-0.2, 0) is 9.47 Å². The van der Waals surface area contributed by atoms with Gasteiger partial charge in [0.25, 0.3) is 0 Å². The highest BCUT2D eigenvalue weighted by Crippen LogP contribution is 2.28. The van der Waals surface area contributed by atoms with E-state index in [2.05, 4.69) is 16.7 Å². The second-order valence-electron chi connectivity index (χ2n) is 6.68. The Kier molecular flexibility index (Phi) is 6.44. The first-order valence-electron chi connectivity index (χ1n) is 8.40. The molecule has 2 N–H and O–H groups in total. The van der Waals surface area contributed by atoms with Gasteiger partial charge < -0.3 is 20.1 Å². The lowest BCUT2D eigenvalue weighted by Crippen LogP contribution is -2.63. The van der Waals surface area contributed by atoms with Crippen LogP contribution in [-0.4, -0.2) is 74.6 Å². The van der Waals surface area contributed by atoms with Gasteiger partial charge in [-0.2, -0.15) is 0 Å². The van der Waals surface area contributed by atoms with Gasteiger partial charge in [0.2, 0.25) is 0 Å². The molecule has 5 nitrogen and oxygen atoms in total. The number of piperidine rings is 2. The van der Waals surface area contributed by atoms with E-state index in [-0.39, 0.29) is 11.8 Å². The van der Waals surface area contributed by atoms with Gasteiger partial charge in [-0.1, -0.05) is 6.42 Å². The molecule has 21 heavy (non-hydrogen) atoms. The zero-order valence-electron chi connectivity index (χ0n) is 14.0. The monoisotopic (exact) mass is 299 g/mol. The van der Waals surface area contributed by atoms with Crippen molar-refractivity contribution in [3.8, 4) is 0 Å². The van der Waals surface area contributed by atoms with E-state index in [9.17, 15) is 0 Å². The van der Waals surface area contributed by atoms with E-state index < -0.39 is 0 Å². The van der Waals surface area contributed by atoms with Gasteiger partial charge >= 0.3 is 0 Å². The van der Waals surface area contributed by atoms with Crippen LogP contribution < -0.4 is 5.73 Å². The molecule has 0 aliphatic carbocycles. The second-order valence-corrected chi connectivity index (χ2v) is 6.68. The summed E-state index contributed by atoms with van der Waals surface area (Å²) in [6.07, 6.45) is 6.34. The predicted octanol–water partition coefficient (Wildman–Crippen LogP) is 1.27. The van der Waals surface area contributed by atoms with Crippen LogP contribution in [0.15, 0.2) is 0 Å². The average molecular weight is 299 g/mol. The predicted molar refractivity (Wildman–Crippen MR) is 85.3 cm³/mol. The molecule has 124 valence electrons. The molecular formula is C16H33N3O2. The Morgan fingerprint density at radius 1 is 1.05 bits per heavy atom.